The lowest BCUT2D eigenvalue weighted by Crippen LogP contribution is -2.18. The van der Waals surface area contributed by atoms with Gasteiger partial charge < -0.3 is 9.47 Å². The number of ether oxygens (including phenoxy) is 2. The molecule has 4 nitrogen and oxygen atoms in total. The lowest BCUT2D eigenvalue weighted by atomic mass is 9.86. The fourth-order valence-electron chi connectivity index (χ4n) is 5.27. The van der Waals surface area contributed by atoms with Crippen molar-refractivity contribution in [2.45, 2.75) is 66.4 Å². The Morgan fingerprint density at radius 1 is 0.925 bits per heavy atom. The summed E-state index contributed by atoms with van der Waals surface area (Å²) in [4.78, 5) is 25.2. The van der Waals surface area contributed by atoms with Crippen LogP contribution in [0.4, 0.5) is 0 Å². The van der Waals surface area contributed by atoms with Crippen LogP contribution in [0.25, 0.3) is 10.8 Å². The molecule has 1 heterocycles. The summed E-state index contributed by atoms with van der Waals surface area (Å²) >= 11 is 0. The van der Waals surface area contributed by atoms with Gasteiger partial charge in [-0.2, -0.15) is 0 Å². The van der Waals surface area contributed by atoms with Crippen molar-refractivity contribution in [3.05, 3.63) is 94.6 Å². The Kier molecular flexibility index (Phi) is 9.83. The number of benzene rings is 3. The number of rotatable bonds is 9. The van der Waals surface area contributed by atoms with Crippen molar-refractivity contribution in [3.63, 3.8) is 0 Å². The fraction of sp³-hybridized carbons (Fsp3) is 0.389. The van der Waals surface area contributed by atoms with Gasteiger partial charge in [-0.1, -0.05) is 75.4 Å². The molecule has 4 heteroatoms. The predicted molar refractivity (Wildman–Crippen MR) is 161 cm³/mol. The van der Waals surface area contributed by atoms with Crippen molar-refractivity contribution >= 4 is 22.7 Å². The molecule has 3 aromatic rings. The molecule has 1 aliphatic rings. The van der Waals surface area contributed by atoms with Crippen LogP contribution in [0.5, 0.6) is 0 Å². The van der Waals surface area contributed by atoms with E-state index in [4.69, 9.17) is 9.47 Å². The molecule has 0 aliphatic carbocycles. The van der Waals surface area contributed by atoms with Crippen LogP contribution in [-0.2, 0) is 14.3 Å². The summed E-state index contributed by atoms with van der Waals surface area (Å²) in [6, 6.07) is 19.6. The fourth-order valence-corrected chi connectivity index (χ4v) is 5.27. The molecule has 1 saturated heterocycles. The van der Waals surface area contributed by atoms with Crippen molar-refractivity contribution in [2.24, 2.45) is 17.8 Å². The second kappa shape index (κ2) is 13.5. The zero-order valence-electron chi connectivity index (χ0n) is 24.3. The van der Waals surface area contributed by atoms with E-state index in [9.17, 15) is 9.59 Å². The van der Waals surface area contributed by atoms with Crippen LogP contribution < -0.4 is 0 Å². The second-order valence-electron chi connectivity index (χ2n) is 11.8. The van der Waals surface area contributed by atoms with Gasteiger partial charge in [0.2, 0.25) is 0 Å². The molecule has 0 radical (unpaired) electrons. The Morgan fingerprint density at radius 3 is 2.25 bits per heavy atom. The topological polar surface area (TPSA) is 52.6 Å². The van der Waals surface area contributed by atoms with Gasteiger partial charge in [0, 0.05) is 23.1 Å². The van der Waals surface area contributed by atoms with Crippen molar-refractivity contribution in [3.8, 4) is 11.8 Å². The standard InChI is InChI=1S/C36H40O4/c1-24(2)18-29(19-25(3)4)13-15-33-22-34(40-36(33)38)23-39-35(37)32-17-16-30-20-28(12-14-31(30)21-32)11-10-27-8-6-26(5)7-9-27/h6-9,12,14-17,20-21,24-25,29,34H,13,18-19,22-23H2,1-5H3/b33-15+. The third-order valence-corrected chi connectivity index (χ3v) is 7.17. The molecular formula is C36H40O4. The predicted octanol–water partition coefficient (Wildman–Crippen LogP) is 8.05. The molecule has 1 aliphatic heterocycles. The van der Waals surface area contributed by atoms with Crippen LogP contribution in [0.2, 0.25) is 0 Å². The van der Waals surface area contributed by atoms with Crippen molar-refractivity contribution in [2.75, 3.05) is 6.61 Å². The van der Waals surface area contributed by atoms with E-state index in [0.717, 1.165) is 41.2 Å². The number of allylic oxidation sites excluding steroid dienone is 1. The average Bonchev–Trinajstić information content (AvgIpc) is 3.28. The number of hydrogen-bond donors (Lipinski definition) is 0. The lowest BCUT2D eigenvalue weighted by molar-refractivity contribution is -0.140. The molecule has 0 bridgehead atoms. The van der Waals surface area contributed by atoms with Gasteiger partial charge >= 0.3 is 11.9 Å². The zero-order chi connectivity index (χ0) is 28.6. The Labute approximate surface area is 238 Å². The van der Waals surface area contributed by atoms with Crippen molar-refractivity contribution in [1.29, 1.82) is 0 Å². The molecule has 0 amide bonds. The largest absolute Gasteiger partial charge is 0.458 e. The van der Waals surface area contributed by atoms with E-state index < -0.39 is 12.1 Å². The van der Waals surface area contributed by atoms with E-state index in [-0.39, 0.29) is 12.6 Å². The minimum Gasteiger partial charge on any atom is -0.458 e. The van der Waals surface area contributed by atoms with E-state index in [0.29, 0.717) is 35.3 Å². The summed E-state index contributed by atoms with van der Waals surface area (Å²) in [5.41, 5.74) is 4.26. The Balaban J connectivity index is 1.33. The normalized spacial score (nSPS) is 16.1. The van der Waals surface area contributed by atoms with E-state index in [2.05, 4.69) is 58.6 Å². The SMILES string of the molecule is Cc1ccc(C#Cc2ccc3cc(C(=O)OCC4C/C(=C\CC(CC(C)C)CC(C)C)C(=O)O4)ccc3c2)cc1. The molecule has 0 spiro atoms. The molecule has 0 N–H and O–H groups in total. The van der Waals surface area contributed by atoms with Gasteiger partial charge in [0.25, 0.3) is 0 Å². The van der Waals surface area contributed by atoms with Crippen LogP contribution in [0.1, 0.15) is 80.4 Å². The van der Waals surface area contributed by atoms with Crippen LogP contribution in [0.3, 0.4) is 0 Å². The summed E-state index contributed by atoms with van der Waals surface area (Å²) in [7, 11) is 0. The van der Waals surface area contributed by atoms with E-state index >= 15 is 0 Å². The van der Waals surface area contributed by atoms with Gasteiger partial charge in [-0.3, -0.25) is 0 Å². The smallest absolute Gasteiger partial charge is 0.338 e. The summed E-state index contributed by atoms with van der Waals surface area (Å²) in [6.45, 7) is 11.1. The first-order chi connectivity index (χ1) is 19.2. The van der Waals surface area contributed by atoms with Gasteiger partial charge in [0.1, 0.15) is 12.7 Å². The molecule has 4 rings (SSSR count). The van der Waals surface area contributed by atoms with E-state index in [1.54, 1.807) is 6.07 Å². The highest BCUT2D eigenvalue weighted by molar-refractivity contribution is 5.96. The van der Waals surface area contributed by atoms with Crippen LogP contribution >= 0.6 is 0 Å². The maximum Gasteiger partial charge on any atom is 0.338 e. The van der Waals surface area contributed by atoms with Gasteiger partial charge in [0.15, 0.2) is 0 Å². The molecule has 0 saturated carbocycles. The highest BCUT2D eigenvalue weighted by atomic mass is 16.6. The summed E-state index contributed by atoms with van der Waals surface area (Å²) in [5.74, 6) is 7.50. The number of aryl methyl sites for hydroxylation is 1. The van der Waals surface area contributed by atoms with Gasteiger partial charge in [-0.05, 0) is 91.1 Å². The average molecular weight is 537 g/mol. The summed E-state index contributed by atoms with van der Waals surface area (Å²) in [5, 5.41) is 1.94. The zero-order valence-corrected chi connectivity index (χ0v) is 24.3. The van der Waals surface area contributed by atoms with Gasteiger partial charge in [-0.25, -0.2) is 9.59 Å². The molecule has 1 atom stereocenters. The first-order valence-electron chi connectivity index (χ1n) is 14.4. The summed E-state index contributed by atoms with van der Waals surface area (Å²) in [6.07, 6.45) is 5.25. The molecule has 40 heavy (non-hydrogen) atoms. The summed E-state index contributed by atoms with van der Waals surface area (Å²) < 4.78 is 11.0. The number of cyclic esters (lactones) is 1. The number of hydrogen-bond acceptors (Lipinski definition) is 4. The lowest BCUT2D eigenvalue weighted by Gasteiger charge is -2.19. The number of fused-ring (bicyclic) bond motifs is 1. The maximum atomic E-state index is 12.8. The number of carbonyl (C=O) groups excluding carboxylic acids is 2. The quantitative estimate of drug-likeness (QED) is 0.158. The Hall–Kier alpha value is -3.84. The highest BCUT2D eigenvalue weighted by Gasteiger charge is 2.30. The van der Waals surface area contributed by atoms with Crippen LogP contribution in [0.15, 0.2) is 72.3 Å². The van der Waals surface area contributed by atoms with Gasteiger partial charge in [-0.15, -0.1) is 0 Å². The monoisotopic (exact) mass is 536 g/mol. The molecule has 0 aromatic heterocycles. The third-order valence-electron chi connectivity index (χ3n) is 7.17. The number of carbonyl (C=O) groups is 2. The molecule has 208 valence electrons. The molecule has 1 fully saturated rings. The highest BCUT2D eigenvalue weighted by Crippen LogP contribution is 2.27. The molecular weight excluding hydrogens is 496 g/mol. The molecule has 3 aromatic carbocycles. The third kappa shape index (κ3) is 8.33. The van der Waals surface area contributed by atoms with Crippen molar-refractivity contribution < 1.29 is 19.1 Å². The first-order valence-corrected chi connectivity index (χ1v) is 14.4. The first kappa shape index (κ1) is 29.2. The Morgan fingerprint density at radius 2 is 1.55 bits per heavy atom. The van der Waals surface area contributed by atoms with Crippen LogP contribution in [-0.4, -0.2) is 24.6 Å². The van der Waals surface area contributed by atoms with Crippen LogP contribution in [0, 0.1) is 36.5 Å². The van der Waals surface area contributed by atoms with Gasteiger partial charge in [0.05, 0.1) is 5.56 Å². The minimum atomic E-state index is -0.438. The van der Waals surface area contributed by atoms with E-state index in [1.165, 1.54) is 5.56 Å². The molecule has 1 unspecified atom stereocenters. The maximum absolute atomic E-state index is 12.8. The minimum absolute atomic E-state index is 0.0505. The Bertz CT molecular complexity index is 1420. The second-order valence-corrected chi connectivity index (χ2v) is 11.8. The number of esters is 2. The van der Waals surface area contributed by atoms with Crippen molar-refractivity contribution in [1.82, 2.24) is 0 Å². The van der Waals surface area contributed by atoms with E-state index in [1.807, 2.05) is 48.5 Å².